The van der Waals surface area contributed by atoms with Gasteiger partial charge in [-0.3, -0.25) is 14.5 Å². The fourth-order valence-electron chi connectivity index (χ4n) is 2.60. The van der Waals surface area contributed by atoms with Crippen LogP contribution in [0, 0.1) is 6.92 Å². The largest absolute Gasteiger partial charge is 0.492 e. The van der Waals surface area contributed by atoms with Crippen LogP contribution in [-0.2, 0) is 14.8 Å². The van der Waals surface area contributed by atoms with Crippen molar-refractivity contribution in [3.8, 4) is 5.75 Å². The zero-order valence-corrected chi connectivity index (χ0v) is 15.8. The van der Waals surface area contributed by atoms with Gasteiger partial charge in [-0.1, -0.05) is 29.8 Å². The predicted molar refractivity (Wildman–Crippen MR) is 102 cm³/mol. The van der Waals surface area contributed by atoms with Gasteiger partial charge >= 0.3 is 0 Å². The number of aliphatic imine (C=N–C) groups is 1. The number of rotatable bonds is 7. The van der Waals surface area contributed by atoms with Crippen LogP contribution < -0.4 is 14.8 Å². The molecule has 1 aliphatic heterocycles. The number of nitrogens with zero attached hydrogens (tertiary/aromatic N) is 1. The van der Waals surface area contributed by atoms with Gasteiger partial charge in [0.05, 0.1) is 18.0 Å². The van der Waals surface area contributed by atoms with Gasteiger partial charge in [0.1, 0.15) is 18.2 Å². The summed E-state index contributed by atoms with van der Waals surface area (Å²) in [4.78, 5) is 16.3. The van der Waals surface area contributed by atoms with Gasteiger partial charge in [-0.2, -0.15) is 0 Å². The van der Waals surface area contributed by atoms with E-state index in [1.54, 1.807) is 18.2 Å². The third-order valence-electron chi connectivity index (χ3n) is 3.99. The molecule has 27 heavy (non-hydrogen) atoms. The van der Waals surface area contributed by atoms with E-state index in [2.05, 4.69) is 15.0 Å². The lowest BCUT2D eigenvalue weighted by Crippen LogP contribution is -2.28. The summed E-state index contributed by atoms with van der Waals surface area (Å²) in [6, 6.07) is 14.3. The van der Waals surface area contributed by atoms with E-state index in [4.69, 9.17) is 4.74 Å². The van der Waals surface area contributed by atoms with E-state index in [0.29, 0.717) is 18.7 Å². The van der Waals surface area contributed by atoms with E-state index in [-0.39, 0.29) is 29.6 Å². The third kappa shape index (κ3) is 4.85. The summed E-state index contributed by atoms with van der Waals surface area (Å²) in [5, 5.41) is 2.75. The quantitative estimate of drug-likeness (QED) is 0.706. The SMILES string of the molecule is Cc1ccc(OCCNC(=O)CCN=C2NS(=O)(=O)c3ccccc32)cc1. The summed E-state index contributed by atoms with van der Waals surface area (Å²) in [6.45, 7) is 2.95. The first-order chi connectivity index (χ1) is 13.0. The minimum atomic E-state index is -3.55. The molecule has 0 saturated heterocycles. The Morgan fingerprint density at radius 3 is 2.67 bits per heavy atom. The Kier molecular flexibility index (Phi) is 5.75. The molecule has 0 saturated carbocycles. The number of ether oxygens (including phenoxy) is 1. The number of sulfonamides is 1. The van der Waals surface area contributed by atoms with Crippen molar-refractivity contribution < 1.29 is 17.9 Å². The molecule has 7 nitrogen and oxygen atoms in total. The molecular formula is C19H21N3O4S. The molecule has 142 valence electrons. The molecule has 0 unspecified atom stereocenters. The number of hydrogen-bond acceptors (Lipinski definition) is 5. The number of carbonyl (C=O) groups is 1. The standard InChI is InChI=1S/C19H21N3O4S/c1-14-6-8-15(9-7-14)26-13-12-20-18(23)10-11-21-19-16-4-2-3-5-17(16)27(24,25)22-19/h2-9H,10-13H2,1H3,(H,20,23)(H,21,22). The van der Waals surface area contributed by atoms with Crippen molar-refractivity contribution in [2.24, 2.45) is 4.99 Å². The van der Waals surface area contributed by atoms with Gasteiger partial charge in [0.2, 0.25) is 5.91 Å². The van der Waals surface area contributed by atoms with Crippen LogP contribution in [0.25, 0.3) is 0 Å². The molecule has 1 amide bonds. The molecule has 2 N–H and O–H groups in total. The van der Waals surface area contributed by atoms with E-state index >= 15 is 0 Å². The van der Waals surface area contributed by atoms with Crippen LogP contribution in [-0.4, -0.2) is 39.9 Å². The summed E-state index contributed by atoms with van der Waals surface area (Å²) >= 11 is 0. The highest BCUT2D eigenvalue weighted by Gasteiger charge is 2.29. The smallest absolute Gasteiger partial charge is 0.263 e. The minimum Gasteiger partial charge on any atom is -0.492 e. The van der Waals surface area contributed by atoms with Crippen molar-refractivity contribution in [2.75, 3.05) is 19.7 Å². The molecule has 0 aromatic heterocycles. The van der Waals surface area contributed by atoms with Crippen LogP contribution in [0.15, 0.2) is 58.4 Å². The number of aryl methyl sites for hydroxylation is 1. The summed E-state index contributed by atoms with van der Waals surface area (Å²) in [5.74, 6) is 0.871. The van der Waals surface area contributed by atoms with Gasteiger partial charge in [0.15, 0.2) is 0 Å². The van der Waals surface area contributed by atoms with Crippen LogP contribution in [0.3, 0.4) is 0 Å². The fourth-order valence-corrected chi connectivity index (χ4v) is 3.85. The first-order valence-corrected chi connectivity index (χ1v) is 10.1. The normalized spacial score (nSPS) is 15.8. The van der Waals surface area contributed by atoms with Gasteiger partial charge in [0, 0.05) is 12.0 Å². The molecule has 1 heterocycles. The summed E-state index contributed by atoms with van der Waals surface area (Å²) in [5.41, 5.74) is 1.69. The lowest BCUT2D eigenvalue weighted by Gasteiger charge is -2.07. The Morgan fingerprint density at radius 1 is 1.15 bits per heavy atom. The Bertz CT molecular complexity index is 953. The van der Waals surface area contributed by atoms with Crippen molar-refractivity contribution in [1.29, 1.82) is 0 Å². The van der Waals surface area contributed by atoms with Gasteiger partial charge in [0.25, 0.3) is 10.0 Å². The van der Waals surface area contributed by atoms with Crippen LogP contribution in [0.2, 0.25) is 0 Å². The molecule has 0 radical (unpaired) electrons. The molecule has 8 heteroatoms. The third-order valence-corrected chi connectivity index (χ3v) is 5.38. The average Bonchev–Trinajstić information content (AvgIpc) is 2.91. The maximum atomic E-state index is 12.0. The van der Waals surface area contributed by atoms with E-state index in [1.165, 1.54) is 6.07 Å². The van der Waals surface area contributed by atoms with Gasteiger partial charge in [-0.05, 0) is 31.2 Å². The molecule has 0 fully saturated rings. The summed E-state index contributed by atoms with van der Waals surface area (Å²) < 4.78 is 31.9. The number of benzene rings is 2. The highest BCUT2D eigenvalue weighted by Crippen LogP contribution is 2.22. The lowest BCUT2D eigenvalue weighted by atomic mass is 10.2. The lowest BCUT2D eigenvalue weighted by molar-refractivity contribution is -0.120. The second-order valence-corrected chi connectivity index (χ2v) is 7.74. The zero-order valence-electron chi connectivity index (χ0n) is 14.9. The molecule has 2 aromatic rings. The van der Waals surface area contributed by atoms with E-state index in [1.807, 2.05) is 31.2 Å². The second kappa shape index (κ2) is 8.22. The zero-order chi connectivity index (χ0) is 19.3. The monoisotopic (exact) mass is 387 g/mol. The predicted octanol–water partition coefficient (Wildman–Crippen LogP) is 1.62. The number of carbonyl (C=O) groups excluding carboxylic acids is 1. The van der Waals surface area contributed by atoms with Gasteiger partial charge in [-0.15, -0.1) is 0 Å². The van der Waals surface area contributed by atoms with Crippen molar-refractivity contribution in [1.82, 2.24) is 10.0 Å². The van der Waals surface area contributed by atoms with Crippen LogP contribution in [0.5, 0.6) is 5.75 Å². The van der Waals surface area contributed by atoms with Crippen molar-refractivity contribution >= 4 is 21.8 Å². The van der Waals surface area contributed by atoms with Crippen molar-refractivity contribution in [3.63, 3.8) is 0 Å². The Hall–Kier alpha value is -2.87. The van der Waals surface area contributed by atoms with Crippen LogP contribution in [0.4, 0.5) is 0 Å². The van der Waals surface area contributed by atoms with E-state index in [9.17, 15) is 13.2 Å². The number of amidine groups is 1. The van der Waals surface area contributed by atoms with Crippen LogP contribution >= 0.6 is 0 Å². The van der Waals surface area contributed by atoms with E-state index in [0.717, 1.165) is 11.3 Å². The molecule has 0 aliphatic carbocycles. The molecule has 2 aromatic carbocycles. The summed E-state index contributed by atoms with van der Waals surface area (Å²) in [6.07, 6.45) is 0.165. The number of fused-ring (bicyclic) bond motifs is 1. The van der Waals surface area contributed by atoms with Gasteiger partial charge in [-0.25, -0.2) is 8.42 Å². The maximum absolute atomic E-state index is 12.0. The highest BCUT2D eigenvalue weighted by atomic mass is 32.2. The molecule has 1 aliphatic rings. The molecule has 0 atom stereocenters. The molecule has 0 spiro atoms. The Labute approximate surface area is 158 Å². The molecule has 0 bridgehead atoms. The number of amides is 1. The Morgan fingerprint density at radius 2 is 1.89 bits per heavy atom. The van der Waals surface area contributed by atoms with Crippen molar-refractivity contribution in [2.45, 2.75) is 18.2 Å². The summed E-state index contributed by atoms with van der Waals surface area (Å²) in [7, 11) is -3.55. The fraction of sp³-hybridized carbons (Fsp3) is 0.263. The number of nitrogens with one attached hydrogen (secondary N) is 2. The van der Waals surface area contributed by atoms with Crippen molar-refractivity contribution in [3.05, 3.63) is 59.7 Å². The highest BCUT2D eigenvalue weighted by molar-refractivity contribution is 7.90. The topological polar surface area (TPSA) is 96.9 Å². The van der Waals surface area contributed by atoms with E-state index < -0.39 is 10.0 Å². The van der Waals surface area contributed by atoms with Crippen LogP contribution in [0.1, 0.15) is 17.5 Å². The maximum Gasteiger partial charge on any atom is 0.263 e. The second-order valence-electron chi connectivity index (χ2n) is 6.09. The molecule has 3 rings (SSSR count). The first-order valence-electron chi connectivity index (χ1n) is 8.58. The number of hydrogen-bond donors (Lipinski definition) is 2. The average molecular weight is 387 g/mol. The Balaban J connectivity index is 1.42. The first kappa shape index (κ1) is 18.9. The minimum absolute atomic E-state index is 0.165. The van der Waals surface area contributed by atoms with Gasteiger partial charge < -0.3 is 10.1 Å². The molecular weight excluding hydrogens is 366 g/mol.